The predicted octanol–water partition coefficient (Wildman–Crippen LogP) is 1.26. The van der Waals surface area contributed by atoms with Gasteiger partial charge in [-0.3, -0.25) is 0 Å². The molecule has 6 heteroatoms. The van der Waals surface area contributed by atoms with Gasteiger partial charge in [-0.25, -0.2) is 4.79 Å². The van der Waals surface area contributed by atoms with E-state index < -0.39 is 19.6 Å². The zero-order valence-corrected chi connectivity index (χ0v) is 12.0. The molecule has 0 spiro atoms. The van der Waals surface area contributed by atoms with E-state index in [0.717, 1.165) is 6.21 Å². The highest BCUT2D eigenvalue weighted by Crippen LogP contribution is 2.24. The van der Waals surface area contributed by atoms with Crippen LogP contribution in [0.3, 0.4) is 0 Å². The van der Waals surface area contributed by atoms with Gasteiger partial charge < -0.3 is 15.0 Å². The van der Waals surface area contributed by atoms with Crippen molar-refractivity contribution in [1.29, 1.82) is 0 Å². The summed E-state index contributed by atoms with van der Waals surface area (Å²) in [7, 11) is -1.53. The summed E-state index contributed by atoms with van der Waals surface area (Å²) in [5.41, 5.74) is 10.8. The monoisotopic (exact) mass is 266 g/mol. The highest BCUT2D eigenvalue weighted by atomic mass is 28.3. The van der Waals surface area contributed by atoms with E-state index in [1.165, 1.54) is 0 Å². The average Bonchev–Trinajstić information content (AvgIpc) is 2.27. The Kier molecular flexibility index (Phi) is 4.85. The van der Waals surface area contributed by atoms with Crippen LogP contribution in [0.5, 0.6) is 0 Å². The van der Waals surface area contributed by atoms with Crippen molar-refractivity contribution in [3.05, 3.63) is 5.53 Å². The molecular formula is C12H18N2O3Si. The van der Waals surface area contributed by atoms with Crippen molar-refractivity contribution in [2.24, 2.45) is 0 Å². The molecule has 18 heavy (non-hydrogen) atoms. The molecule has 0 radical (unpaired) electrons. The van der Waals surface area contributed by atoms with Crippen LogP contribution < -0.4 is 0 Å². The number of esters is 1. The Balaban J connectivity index is 2.90. The summed E-state index contributed by atoms with van der Waals surface area (Å²) in [6, 6.07) is 0. The molecule has 0 bridgehead atoms. The molecule has 0 amide bonds. The Morgan fingerprint density at radius 1 is 1.44 bits per heavy atom. The molecule has 0 aromatic rings. The number of rotatable bonds is 2. The molecule has 5 nitrogen and oxygen atoms in total. The first-order chi connectivity index (χ1) is 8.37. The van der Waals surface area contributed by atoms with Gasteiger partial charge in [-0.05, 0) is 0 Å². The van der Waals surface area contributed by atoms with Crippen LogP contribution in [0.25, 0.3) is 5.53 Å². The molecule has 1 aliphatic rings. The summed E-state index contributed by atoms with van der Waals surface area (Å²) in [6.45, 7) is 7.42. The molecule has 0 saturated carbocycles. The molecule has 98 valence electrons. The van der Waals surface area contributed by atoms with E-state index in [1.54, 1.807) is 0 Å². The first-order valence-electron chi connectivity index (χ1n) is 5.89. The van der Waals surface area contributed by atoms with Gasteiger partial charge in [0, 0.05) is 12.8 Å². The smallest absolute Gasteiger partial charge is 0.415 e. The van der Waals surface area contributed by atoms with Crippen LogP contribution in [0.2, 0.25) is 19.6 Å². The van der Waals surface area contributed by atoms with Crippen molar-refractivity contribution in [3.63, 3.8) is 0 Å². The fraction of sp³-hybridized carbons (Fsp3) is 0.667. The molecule has 0 aliphatic carbocycles. The minimum atomic E-state index is -1.53. The van der Waals surface area contributed by atoms with Crippen molar-refractivity contribution in [3.8, 4) is 11.5 Å². The van der Waals surface area contributed by atoms with E-state index in [0.29, 0.717) is 26.1 Å². The second-order valence-corrected chi connectivity index (χ2v) is 10.0. The molecule has 1 rings (SSSR count). The third kappa shape index (κ3) is 4.84. The quantitative estimate of drug-likeness (QED) is 0.189. The molecule has 0 aromatic heterocycles. The molecule has 1 saturated heterocycles. The van der Waals surface area contributed by atoms with E-state index in [1.807, 2.05) is 0 Å². The summed E-state index contributed by atoms with van der Waals surface area (Å²) < 4.78 is 10.6. The van der Waals surface area contributed by atoms with Gasteiger partial charge in [-0.2, -0.15) is 4.79 Å². The number of carbonyl (C=O) groups excluding carboxylic acids is 1. The van der Waals surface area contributed by atoms with Crippen molar-refractivity contribution >= 4 is 20.3 Å². The number of carbonyl (C=O) groups is 1. The van der Waals surface area contributed by atoms with Gasteiger partial charge in [0.05, 0.1) is 13.2 Å². The fourth-order valence-electron chi connectivity index (χ4n) is 1.52. The molecular weight excluding hydrogens is 248 g/mol. The van der Waals surface area contributed by atoms with Crippen LogP contribution in [0.15, 0.2) is 0 Å². The summed E-state index contributed by atoms with van der Waals surface area (Å²) in [4.78, 5) is 14.1. The maximum Gasteiger partial charge on any atom is 0.415 e. The zero-order valence-electron chi connectivity index (χ0n) is 11.0. The van der Waals surface area contributed by atoms with Crippen LogP contribution in [0.4, 0.5) is 0 Å². The Hall–Kier alpha value is -1.41. The third-order valence-electron chi connectivity index (χ3n) is 2.42. The van der Waals surface area contributed by atoms with Crippen molar-refractivity contribution in [2.45, 2.75) is 38.1 Å². The zero-order chi connectivity index (χ0) is 13.6. The molecule has 0 aromatic carbocycles. The van der Waals surface area contributed by atoms with Gasteiger partial charge in [0.25, 0.3) is 0 Å². The lowest BCUT2D eigenvalue weighted by atomic mass is 9.95. The van der Waals surface area contributed by atoms with E-state index in [2.05, 4.69) is 35.9 Å². The molecule has 1 aliphatic heterocycles. The first kappa shape index (κ1) is 14.6. The lowest BCUT2D eigenvalue weighted by Gasteiger charge is -2.31. The van der Waals surface area contributed by atoms with Gasteiger partial charge in [-0.1, -0.05) is 25.6 Å². The number of hydrogen-bond donors (Lipinski definition) is 0. The first-order valence-corrected chi connectivity index (χ1v) is 9.39. The lowest BCUT2D eigenvalue weighted by molar-refractivity contribution is -0.155. The van der Waals surface area contributed by atoms with Gasteiger partial charge in [0.2, 0.25) is 0 Å². The highest BCUT2D eigenvalue weighted by Gasteiger charge is 2.35. The third-order valence-corrected chi connectivity index (χ3v) is 3.30. The Morgan fingerprint density at radius 3 is 2.56 bits per heavy atom. The van der Waals surface area contributed by atoms with Crippen molar-refractivity contribution in [2.75, 3.05) is 13.2 Å². The van der Waals surface area contributed by atoms with E-state index in [-0.39, 0.29) is 0 Å². The van der Waals surface area contributed by atoms with Gasteiger partial charge >= 0.3 is 12.2 Å². The average molecular weight is 266 g/mol. The fourth-order valence-corrected chi connectivity index (χ4v) is 2.12. The van der Waals surface area contributed by atoms with Gasteiger partial charge in [0.15, 0.2) is 5.60 Å². The SMILES string of the molecule is C[Si](C)(C)C#CC1(OC(=O)C=[N+]=[N-])CCOCC1. The predicted molar refractivity (Wildman–Crippen MR) is 69.7 cm³/mol. The van der Waals surface area contributed by atoms with Gasteiger partial charge in [-0.15, -0.1) is 5.54 Å². The van der Waals surface area contributed by atoms with Crippen LogP contribution in [0, 0.1) is 11.5 Å². The van der Waals surface area contributed by atoms with E-state index in [4.69, 9.17) is 15.0 Å². The Bertz CT molecular complexity index is 419. The normalized spacial score (nSPS) is 17.9. The minimum absolute atomic E-state index is 0.518. The second-order valence-electron chi connectivity index (χ2n) is 5.27. The van der Waals surface area contributed by atoms with Crippen LogP contribution in [-0.4, -0.2) is 43.9 Å². The maximum absolute atomic E-state index is 11.4. The summed E-state index contributed by atoms with van der Waals surface area (Å²) in [5.74, 6) is 2.43. The number of hydrogen-bond acceptors (Lipinski definition) is 3. The maximum atomic E-state index is 11.4. The Labute approximate surface area is 108 Å². The van der Waals surface area contributed by atoms with Crippen molar-refractivity contribution in [1.82, 2.24) is 0 Å². The molecule has 1 heterocycles. The molecule has 0 N–H and O–H groups in total. The van der Waals surface area contributed by atoms with Gasteiger partial charge in [0.1, 0.15) is 8.07 Å². The number of ether oxygens (including phenoxy) is 2. The van der Waals surface area contributed by atoms with Crippen LogP contribution in [-0.2, 0) is 14.3 Å². The number of nitrogens with zero attached hydrogens (tertiary/aromatic N) is 2. The largest absolute Gasteiger partial charge is 0.437 e. The Morgan fingerprint density at radius 2 is 2.06 bits per heavy atom. The van der Waals surface area contributed by atoms with Crippen LogP contribution >= 0.6 is 0 Å². The molecule has 0 atom stereocenters. The highest BCUT2D eigenvalue weighted by molar-refractivity contribution is 6.83. The van der Waals surface area contributed by atoms with Crippen LogP contribution in [0.1, 0.15) is 12.8 Å². The summed E-state index contributed by atoms with van der Waals surface area (Å²) in [6.07, 6.45) is 1.85. The molecule has 0 unspecified atom stereocenters. The summed E-state index contributed by atoms with van der Waals surface area (Å²) >= 11 is 0. The minimum Gasteiger partial charge on any atom is -0.437 e. The van der Waals surface area contributed by atoms with E-state index in [9.17, 15) is 4.79 Å². The topological polar surface area (TPSA) is 71.9 Å². The summed E-state index contributed by atoms with van der Waals surface area (Å²) in [5, 5.41) is 0. The standard InChI is InChI=1S/C12H18N2O3Si/c1-18(2,3)9-6-12(4-7-16-8-5-12)17-11(15)10-14-13/h10H,4-5,7-8H2,1-3H3. The lowest BCUT2D eigenvalue weighted by Crippen LogP contribution is -2.40. The molecule has 1 fully saturated rings. The second kappa shape index (κ2) is 5.96. The van der Waals surface area contributed by atoms with Crippen molar-refractivity contribution < 1.29 is 19.1 Å². The van der Waals surface area contributed by atoms with E-state index >= 15 is 0 Å².